The molecule has 1 aromatic heterocycles. The Labute approximate surface area is 149 Å². The smallest absolute Gasteiger partial charge is 0.412 e. The molecule has 2 rings (SSSR count). The Morgan fingerprint density at radius 1 is 1.32 bits per heavy atom. The summed E-state index contributed by atoms with van der Waals surface area (Å²) in [6.45, 7) is 5.22. The number of ether oxygens (including phenoxy) is 1. The van der Waals surface area contributed by atoms with Crippen LogP contribution in [0.4, 0.5) is 22.2 Å². The Kier molecular flexibility index (Phi) is 4.99. The van der Waals surface area contributed by atoms with Crippen molar-refractivity contribution in [2.45, 2.75) is 26.4 Å². The summed E-state index contributed by atoms with van der Waals surface area (Å²) in [5, 5.41) is 12.2. The molecule has 1 aromatic carbocycles. The number of halogens is 1. The number of benzene rings is 1. The second kappa shape index (κ2) is 6.83. The van der Waals surface area contributed by atoms with E-state index in [9.17, 15) is 10.1 Å². The second-order valence-corrected chi connectivity index (χ2v) is 6.50. The van der Waals surface area contributed by atoms with Crippen molar-refractivity contribution >= 4 is 35.1 Å². The fourth-order valence-corrected chi connectivity index (χ4v) is 2.33. The van der Waals surface area contributed by atoms with Crippen LogP contribution in [0.25, 0.3) is 11.3 Å². The van der Waals surface area contributed by atoms with Crippen LogP contribution in [0.2, 0.25) is 5.02 Å². The first-order valence-electron chi connectivity index (χ1n) is 7.24. The zero-order valence-electron chi connectivity index (χ0n) is 13.9. The van der Waals surface area contributed by atoms with Gasteiger partial charge in [0.25, 0.3) is 0 Å². The largest absolute Gasteiger partial charge is 0.444 e. The Morgan fingerprint density at radius 3 is 2.60 bits per heavy atom. The monoisotopic (exact) mass is 360 g/mol. The molecule has 9 heteroatoms. The number of amides is 1. The molecule has 0 saturated heterocycles. The fourth-order valence-electron chi connectivity index (χ4n) is 2.07. The van der Waals surface area contributed by atoms with Crippen molar-refractivity contribution in [3.63, 3.8) is 0 Å². The van der Waals surface area contributed by atoms with Crippen molar-refractivity contribution in [3.05, 3.63) is 28.8 Å². The predicted molar refractivity (Wildman–Crippen MR) is 95.9 cm³/mol. The highest BCUT2D eigenvalue weighted by Crippen LogP contribution is 2.37. The number of nitrogens with zero attached hydrogens (tertiary/aromatic N) is 3. The van der Waals surface area contributed by atoms with E-state index in [1.807, 2.05) is 6.07 Å². The number of hydrogen-bond acceptors (Lipinski definition) is 7. The number of nitrogens with one attached hydrogen (secondary N) is 1. The third kappa shape index (κ3) is 4.28. The van der Waals surface area contributed by atoms with Gasteiger partial charge in [0.1, 0.15) is 23.1 Å². The molecule has 0 unspecified atom stereocenters. The molecule has 2 aromatic rings. The first kappa shape index (κ1) is 18.3. The third-order valence-electron chi connectivity index (χ3n) is 2.95. The number of carbonyl (C=O) groups is 1. The summed E-state index contributed by atoms with van der Waals surface area (Å²) in [5.41, 5.74) is 11.4. The number of hydrogen-bond donors (Lipinski definition) is 3. The molecule has 1 amide bonds. The lowest BCUT2D eigenvalue weighted by Gasteiger charge is -2.21. The highest BCUT2D eigenvalue weighted by atomic mass is 35.5. The summed E-state index contributed by atoms with van der Waals surface area (Å²) in [7, 11) is 0. The van der Waals surface area contributed by atoms with Gasteiger partial charge in [-0.25, -0.2) is 9.78 Å². The second-order valence-electron chi connectivity index (χ2n) is 6.09. The maximum Gasteiger partial charge on any atom is 0.412 e. The number of nitrogens with two attached hydrogens (primary N) is 2. The van der Waals surface area contributed by atoms with Gasteiger partial charge >= 0.3 is 6.09 Å². The SMILES string of the molecule is CC(C)(C)OC(=O)Nc1cccc(Cl)c1-c1nc(N)nc(N)c1C#N. The van der Waals surface area contributed by atoms with Crippen molar-refractivity contribution in [2.75, 3.05) is 16.8 Å². The average Bonchev–Trinajstić information content (AvgIpc) is 2.44. The minimum Gasteiger partial charge on any atom is -0.444 e. The van der Waals surface area contributed by atoms with E-state index in [-0.39, 0.29) is 28.0 Å². The molecule has 0 spiro atoms. The molecule has 0 aliphatic rings. The van der Waals surface area contributed by atoms with Crippen LogP contribution in [-0.2, 0) is 4.74 Å². The summed E-state index contributed by atoms with van der Waals surface area (Å²) in [6.07, 6.45) is -0.676. The summed E-state index contributed by atoms with van der Waals surface area (Å²) in [4.78, 5) is 19.9. The molecule has 0 saturated carbocycles. The van der Waals surface area contributed by atoms with Gasteiger partial charge in [-0.15, -0.1) is 0 Å². The summed E-state index contributed by atoms with van der Waals surface area (Å²) >= 11 is 6.27. The summed E-state index contributed by atoms with van der Waals surface area (Å²) in [5.74, 6) is -0.192. The van der Waals surface area contributed by atoms with Gasteiger partial charge in [-0.3, -0.25) is 5.32 Å². The van der Waals surface area contributed by atoms with Gasteiger partial charge in [0.2, 0.25) is 5.95 Å². The predicted octanol–water partition coefficient (Wildman–Crippen LogP) is 3.18. The first-order chi connectivity index (χ1) is 11.6. The van der Waals surface area contributed by atoms with Crippen LogP contribution < -0.4 is 16.8 Å². The highest BCUT2D eigenvalue weighted by molar-refractivity contribution is 6.34. The average molecular weight is 361 g/mol. The van der Waals surface area contributed by atoms with Crippen LogP contribution >= 0.6 is 11.6 Å². The van der Waals surface area contributed by atoms with Crippen LogP contribution in [0.3, 0.4) is 0 Å². The van der Waals surface area contributed by atoms with Crippen molar-refractivity contribution in [3.8, 4) is 17.3 Å². The molecule has 0 radical (unpaired) electrons. The maximum absolute atomic E-state index is 12.1. The van der Waals surface area contributed by atoms with Crippen LogP contribution in [0, 0.1) is 11.3 Å². The lowest BCUT2D eigenvalue weighted by molar-refractivity contribution is 0.0636. The quantitative estimate of drug-likeness (QED) is 0.746. The number of nitriles is 1. The Hall–Kier alpha value is -3.05. The van der Waals surface area contributed by atoms with Gasteiger partial charge in [-0.2, -0.15) is 10.2 Å². The number of nitrogen functional groups attached to an aromatic ring is 2. The van der Waals surface area contributed by atoms with E-state index in [1.54, 1.807) is 39.0 Å². The zero-order valence-corrected chi connectivity index (χ0v) is 14.7. The van der Waals surface area contributed by atoms with Crippen molar-refractivity contribution in [1.82, 2.24) is 9.97 Å². The molecule has 25 heavy (non-hydrogen) atoms. The van der Waals surface area contributed by atoms with Gasteiger partial charge in [0.05, 0.1) is 16.4 Å². The Morgan fingerprint density at radius 2 is 2.00 bits per heavy atom. The molecule has 130 valence electrons. The van der Waals surface area contributed by atoms with Gasteiger partial charge in [0.15, 0.2) is 0 Å². The number of carbonyl (C=O) groups excluding carboxylic acids is 1. The van der Waals surface area contributed by atoms with Crippen LogP contribution in [0.5, 0.6) is 0 Å². The van der Waals surface area contributed by atoms with Crippen LogP contribution in [0.15, 0.2) is 18.2 Å². The lowest BCUT2D eigenvalue weighted by atomic mass is 10.0. The van der Waals surface area contributed by atoms with E-state index in [1.165, 1.54) is 0 Å². The van der Waals surface area contributed by atoms with E-state index in [0.29, 0.717) is 11.3 Å². The normalized spacial score (nSPS) is 10.8. The third-order valence-corrected chi connectivity index (χ3v) is 3.27. The lowest BCUT2D eigenvalue weighted by Crippen LogP contribution is -2.27. The summed E-state index contributed by atoms with van der Waals surface area (Å²) < 4.78 is 5.24. The van der Waals surface area contributed by atoms with Crippen molar-refractivity contribution < 1.29 is 9.53 Å². The highest BCUT2D eigenvalue weighted by Gasteiger charge is 2.22. The molecule has 0 aliphatic heterocycles. The Bertz CT molecular complexity index is 870. The number of rotatable bonds is 2. The van der Waals surface area contributed by atoms with Crippen LogP contribution in [-0.4, -0.2) is 21.7 Å². The van der Waals surface area contributed by atoms with Gasteiger partial charge < -0.3 is 16.2 Å². The molecular weight excluding hydrogens is 344 g/mol. The van der Waals surface area contributed by atoms with E-state index in [4.69, 9.17) is 27.8 Å². The molecule has 0 atom stereocenters. The molecule has 0 aliphatic carbocycles. The van der Waals surface area contributed by atoms with Crippen molar-refractivity contribution in [2.24, 2.45) is 0 Å². The molecule has 0 fully saturated rings. The molecule has 5 N–H and O–H groups in total. The van der Waals surface area contributed by atoms with Gasteiger partial charge in [-0.05, 0) is 32.9 Å². The van der Waals surface area contributed by atoms with E-state index >= 15 is 0 Å². The maximum atomic E-state index is 12.1. The molecule has 8 nitrogen and oxygen atoms in total. The Balaban J connectivity index is 2.57. The minimum atomic E-state index is -0.676. The standard InChI is InChI=1S/C16H17ClN6O2/c1-16(2,3)25-15(24)21-10-6-4-5-9(17)11(10)12-8(7-18)13(19)23-14(20)22-12/h4-6H,1-3H3,(H,21,24)(H4,19,20,22,23). The molecule has 0 bridgehead atoms. The number of aromatic nitrogens is 2. The van der Waals surface area contributed by atoms with E-state index < -0.39 is 11.7 Å². The minimum absolute atomic E-state index is 0.00883. The van der Waals surface area contributed by atoms with Gasteiger partial charge in [0, 0.05) is 5.56 Å². The molecule has 1 heterocycles. The topological polar surface area (TPSA) is 140 Å². The molecular formula is C16H17ClN6O2. The fraction of sp³-hybridized carbons (Fsp3) is 0.250. The van der Waals surface area contributed by atoms with Crippen molar-refractivity contribution in [1.29, 1.82) is 5.26 Å². The van der Waals surface area contributed by atoms with E-state index in [0.717, 1.165) is 0 Å². The van der Waals surface area contributed by atoms with Crippen LogP contribution in [0.1, 0.15) is 26.3 Å². The zero-order chi connectivity index (χ0) is 18.8. The first-order valence-corrected chi connectivity index (χ1v) is 7.62. The summed E-state index contributed by atoms with van der Waals surface area (Å²) in [6, 6.07) is 6.75. The number of anilines is 3. The van der Waals surface area contributed by atoms with Gasteiger partial charge in [-0.1, -0.05) is 17.7 Å². The van der Waals surface area contributed by atoms with E-state index in [2.05, 4.69) is 15.3 Å².